The molecule has 0 radical (unpaired) electrons. The largest absolute Gasteiger partial charge is 0.317 e. The fourth-order valence-corrected chi connectivity index (χ4v) is 3.46. The van der Waals surface area contributed by atoms with Gasteiger partial charge in [0.1, 0.15) is 6.33 Å². The highest BCUT2D eigenvalue weighted by Gasteiger charge is 2.20. The number of hydrogen-bond acceptors (Lipinski definition) is 5. The zero-order valence-corrected chi connectivity index (χ0v) is 11.0. The fraction of sp³-hybridized carbons (Fsp3) is 0.636. The highest BCUT2D eigenvalue weighted by Crippen LogP contribution is 2.13. The summed E-state index contributed by atoms with van der Waals surface area (Å²) in [6, 6.07) is 1.70. The summed E-state index contributed by atoms with van der Waals surface area (Å²) in [5, 5.41) is 3.23. The van der Waals surface area contributed by atoms with Gasteiger partial charge in [-0.2, -0.15) is 0 Å². The molecule has 2 N–H and O–H groups in total. The summed E-state index contributed by atoms with van der Waals surface area (Å²) in [6.45, 7) is 2.05. The minimum atomic E-state index is -3.22. The smallest absolute Gasteiger partial charge is 0.212 e. The molecule has 0 aliphatic carbocycles. The second-order valence-electron chi connectivity index (χ2n) is 4.50. The normalized spacial score (nSPS) is 17.8. The zero-order valence-electron chi connectivity index (χ0n) is 10.2. The van der Waals surface area contributed by atoms with Crippen LogP contribution in [0.25, 0.3) is 0 Å². The monoisotopic (exact) mass is 270 g/mol. The van der Waals surface area contributed by atoms with Gasteiger partial charge in [-0.1, -0.05) is 0 Å². The average Bonchev–Trinajstić information content (AvgIpc) is 2.38. The van der Waals surface area contributed by atoms with E-state index in [2.05, 4.69) is 20.0 Å². The number of sulfonamides is 1. The fourth-order valence-electron chi connectivity index (χ4n) is 2.02. The molecule has 7 heteroatoms. The van der Waals surface area contributed by atoms with Gasteiger partial charge in [-0.15, -0.1) is 0 Å². The molecule has 1 aliphatic rings. The lowest BCUT2D eigenvalue weighted by Crippen LogP contribution is -2.35. The van der Waals surface area contributed by atoms with Crippen LogP contribution in [-0.4, -0.2) is 37.2 Å². The van der Waals surface area contributed by atoms with E-state index < -0.39 is 10.0 Å². The molecule has 1 fully saturated rings. The minimum absolute atomic E-state index is 0.208. The number of aromatic nitrogens is 2. The molecule has 1 aromatic heterocycles. The summed E-state index contributed by atoms with van der Waals surface area (Å²) >= 11 is 0. The third kappa shape index (κ3) is 4.32. The van der Waals surface area contributed by atoms with Crippen LogP contribution in [0, 0.1) is 5.92 Å². The Morgan fingerprint density at radius 3 is 2.83 bits per heavy atom. The van der Waals surface area contributed by atoms with E-state index in [9.17, 15) is 8.42 Å². The van der Waals surface area contributed by atoms with Crippen LogP contribution in [0.4, 0.5) is 0 Å². The van der Waals surface area contributed by atoms with Crippen LogP contribution in [0.2, 0.25) is 0 Å². The molecule has 2 heterocycles. The summed E-state index contributed by atoms with van der Waals surface area (Å²) in [5.41, 5.74) is 0.680. The molecule has 0 aromatic carbocycles. The Kier molecular flexibility index (Phi) is 4.62. The average molecular weight is 270 g/mol. The molecule has 0 amide bonds. The number of rotatable bonds is 5. The second-order valence-corrected chi connectivity index (χ2v) is 6.35. The topological polar surface area (TPSA) is 84.0 Å². The van der Waals surface area contributed by atoms with Gasteiger partial charge < -0.3 is 5.32 Å². The van der Waals surface area contributed by atoms with Gasteiger partial charge >= 0.3 is 0 Å². The molecule has 0 spiro atoms. The molecule has 0 bridgehead atoms. The Morgan fingerprint density at radius 2 is 2.17 bits per heavy atom. The van der Waals surface area contributed by atoms with Crippen molar-refractivity contribution in [3.8, 4) is 0 Å². The Labute approximate surface area is 107 Å². The molecular formula is C11H18N4O2S. The summed E-state index contributed by atoms with van der Waals surface area (Å²) in [7, 11) is -3.22. The SMILES string of the molecule is O=S(=O)(CC1CCNCC1)NCc1ccncn1. The highest BCUT2D eigenvalue weighted by molar-refractivity contribution is 7.89. The first-order valence-electron chi connectivity index (χ1n) is 6.09. The van der Waals surface area contributed by atoms with Gasteiger partial charge in [-0.25, -0.2) is 23.1 Å². The summed E-state index contributed by atoms with van der Waals surface area (Å²) in [6.07, 6.45) is 4.86. The molecule has 0 unspecified atom stereocenters. The van der Waals surface area contributed by atoms with Crippen LogP contribution >= 0.6 is 0 Å². The number of nitrogens with zero attached hydrogens (tertiary/aromatic N) is 2. The maximum absolute atomic E-state index is 11.9. The first kappa shape index (κ1) is 13.4. The van der Waals surface area contributed by atoms with Gasteiger partial charge in [0, 0.05) is 6.20 Å². The van der Waals surface area contributed by atoms with Crippen molar-refractivity contribution in [2.75, 3.05) is 18.8 Å². The van der Waals surface area contributed by atoms with Crippen LogP contribution < -0.4 is 10.0 Å². The van der Waals surface area contributed by atoms with Gasteiger partial charge in [0.05, 0.1) is 18.0 Å². The minimum Gasteiger partial charge on any atom is -0.317 e. The van der Waals surface area contributed by atoms with Gasteiger partial charge in [0.2, 0.25) is 10.0 Å². The maximum Gasteiger partial charge on any atom is 0.212 e. The van der Waals surface area contributed by atoms with Crippen LogP contribution in [0.15, 0.2) is 18.6 Å². The van der Waals surface area contributed by atoms with E-state index in [0.29, 0.717) is 5.69 Å². The third-order valence-electron chi connectivity index (χ3n) is 3.03. The molecule has 18 heavy (non-hydrogen) atoms. The molecule has 2 rings (SSSR count). The van der Waals surface area contributed by atoms with Crippen molar-refractivity contribution in [1.29, 1.82) is 0 Å². The lowest BCUT2D eigenvalue weighted by molar-refractivity contribution is 0.400. The Morgan fingerprint density at radius 1 is 1.39 bits per heavy atom. The van der Waals surface area contributed by atoms with Gasteiger partial charge in [-0.05, 0) is 37.9 Å². The van der Waals surface area contributed by atoms with Crippen LogP contribution in [0.3, 0.4) is 0 Å². The van der Waals surface area contributed by atoms with E-state index in [-0.39, 0.29) is 18.2 Å². The molecular weight excluding hydrogens is 252 g/mol. The van der Waals surface area contributed by atoms with Crippen molar-refractivity contribution in [3.05, 3.63) is 24.3 Å². The van der Waals surface area contributed by atoms with E-state index in [1.54, 1.807) is 12.3 Å². The maximum atomic E-state index is 11.9. The number of piperidine rings is 1. The first-order chi connectivity index (χ1) is 8.66. The van der Waals surface area contributed by atoms with Crippen molar-refractivity contribution in [3.63, 3.8) is 0 Å². The molecule has 0 saturated carbocycles. The van der Waals surface area contributed by atoms with E-state index in [4.69, 9.17) is 0 Å². The highest BCUT2D eigenvalue weighted by atomic mass is 32.2. The van der Waals surface area contributed by atoms with Crippen molar-refractivity contribution in [2.24, 2.45) is 5.92 Å². The van der Waals surface area contributed by atoms with Crippen LogP contribution in [-0.2, 0) is 16.6 Å². The predicted octanol–water partition coefficient (Wildman–Crippen LogP) is -0.104. The number of hydrogen-bond donors (Lipinski definition) is 2. The van der Waals surface area contributed by atoms with Crippen LogP contribution in [0.5, 0.6) is 0 Å². The second kappa shape index (κ2) is 6.21. The van der Waals surface area contributed by atoms with E-state index in [1.165, 1.54) is 6.33 Å². The summed E-state index contributed by atoms with van der Waals surface area (Å²) < 4.78 is 26.4. The lowest BCUT2D eigenvalue weighted by atomic mass is 10.0. The number of nitrogens with one attached hydrogen (secondary N) is 2. The Bertz CT molecular complexity index is 457. The van der Waals surface area contributed by atoms with Crippen LogP contribution in [0.1, 0.15) is 18.5 Å². The van der Waals surface area contributed by atoms with Crippen molar-refractivity contribution >= 4 is 10.0 Å². The van der Waals surface area contributed by atoms with Gasteiger partial charge in [-0.3, -0.25) is 0 Å². The quantitative estimate of drug-likeness (QED) is 0.780. The van der Waals surface area contributed by atoms with E-state index >= 15 is 0 Å². The van der Waals surface area contributed by atoms with Crippen molar-refractivity contribution < 1.29 is 8.42 Å². The zero-order chi connectivity index (χ0) is 12.8. The Balaban J connectivity index is 1.83. The van der Waals surface area contributed by atoms with Crippen molar-refractivity contribution in [2.45, 2.75) is 19.4 Å². The summed E-state index contributed by atoms with van der Waals surface area (Å²) in [4.78, 5) is 7.77. The standard InChI is InChI=1S/C11H18N4O2S/c16-18(17,8-10-1-4-12-5-2-10)15-7-11-3-6-13-9-14-11/h3,6,9-10,12,15H,1-2,4-5,7-8H2. The lowest BCUT2D eigenvalue weighted by Gasteiger charge is -2.22. The van der Waals surface area contributed by atoms with E-state index in [0.717, 1.165) is 25.9 Å². The van der Waals surface area contributed by atoms with Crippen molar-refractivity contribution in [1.82, 2.24) is 20.0 Å². The van der Waals surface area contributed by atoms with Gasteiger partial charge in [0.25, 0.3) is 0 Å². The molecule has 1 saturated heterocycles. The Hall–Kier alpha value is -1.05. The summed E-state index contributed by atoms with van der Waals surface area (Å²) in [5.74, 6) is 0.467. The predicted molar refractivity (Wildman–Crippen MR) is 68.3 cm³/mol. The molecule has 1 aliphatic heterocycles. The third-order valence-corrected chi connectivity index (χ3v) is 4.52. The molecule has 100 valence electrons. The van der Waals surface area contributed by atoms with E-state index in [1.807, 2.05) is 0 Å². The molecule has 6 nitrogen and oxygen atoms in total. The van der Waals surface area contributed by atoms with Gasteiger partial charge in [0.15, 0.2) is 0 Å². The molecule has 1 aromatic rings. The molecule has 0 atom stereocenters. The first-order valence-corrected chi connectivity index (χ1v) is 7.74.